The van der Waals surface area contributed by atoms with E-state index in [1.165, 1.54) is 12.3 Å². The number of hydrogen-bond donors (Lipinski definition) is 2. The molecule has 1 aromatic carbocycles. The van der Waals surface area contributed by atoms with Gasteiger partial charge >= 0.3 is 0 Å². The molecule has 0 atom stereocenters. The molecule has 23 heavy (non-hydrogen) atoms. The van der Waals surface area contributed by atoms with Crippen molar-refractivity contribution in [2.24, 2.45) is 0 Å². The number of nitrogens with one attached hydrogen (secondary N) is 2. The van der Waals surface area contributed by atoms with Crippen LogP contribution in [0.15, 0.2) is 60.1 Å². The zero-order chi connectivity index (χ0) is 16.1. The van der Waals surface area contributed by atoms with Crippen molar-refractivity contribution < 1.29 is 9.18 Å². The molecule has 0 bridgehead atoms. The minimum atomic E-state index is -0.345. The second kappa shape index (κ2) is 7.02. The Morgan fingerprint density at radius 2 is 2.00 bits per heavy atom. The summed E-state index contributed by atoms with van der Waals surface area (Å²) in [7, 11) is 0. The van der Waals surface area contributed by atoms with Crippen LogP contribution < -0.4 is 10.6 Å². The van der Waals surface area contributed by atoms with Gasteiger partial charge in [-0.2, -0.15) is 0 Å². The first kappa shape index (κ1) is 15.2. The maximum atomic E-state index is 13.6. The molecule has 6 heteroatoms. The van der Waals surface area contributed by atoms with Crippen molar-refractivity contribution in [1.29, 1.82) is 0 Å². The standard InChI is InChI=1S/C17H14FN3OS/c18-14-5-1-2-6-15(14)21-16-8-7-12(11-19-16)20-17(22)10-13-4-3-9-23-13/h1-9,11H,10H2,(H,19,21)(H,20,22). The lowest BCUT2D eigenvalue weighted by Gasteiger charge is -2.08. The summed E-state index contributed by atoms with van der Waals surface area (Å²) >= 11 is 1.54. The molecule has 1 amide bonds. The van der Waals surface area contributed by atoms with E-state index in [4.69, 9.17) is 0 Å². The summed E-state index contributed by atoms with van der Waals surface area (Å²) in [5, 5.41) is 7.62. The van der Waals surface area contributed by atoms with E-state index >= 15 is 0 Å². The van der Waals surface area contributed by atoms with Gasteiger partial charge < -0.3 is 10.6 Å². The molecule has 116 valence electrons. The van der Waals surface area contributed by atoms with Gasteiger partial charge in [-0.1, -0.05) is 18.2 Å². The summed E-state index contributed by atoms with van der Waals surface area (Å²) < 4.78 is 13.6. The fraction of sp³-hybridized carbons (Fsp3) is 0.0588. The molecule has 0 aliphatic heterocycles. The maximum absolute atomic E-state index is 13.6. The highest BCUT2D eigenvalue weighted by atomic mass is 32.1. The zero-order valence-electron chi connectivity index (χ0n) is 12.1. The molecule has 3 rings (SSSR count). The van der Waals surface area contributed by atoms with Crippen LogP contribution in [0.25, 0.3) is 0 Å². The summed E-state index contributed by atoms with van der Waals surface area (Å²) in [5.41, 5.74) is 0.958. The Morgan fingerprint density at radius 3 is 2.70 bits per heavy atom. The second-order valence-electron chi connectivity index (χ2n) is 4.84. The first-order valence-electron chi connectivity index (χ1n) is 7.00. The number of aromatic nitrogens is 1. The Kier molecular flexibility index (Phi) is 4.63. The number of benzene rings is 1. The van der Waals surface area contributed by atoms with Crippen LogP contribution in [0.5, 0.6) is 0 Å². The SMILES string of the molecule is O=C(Cc1cccs1)Nc1ccc(Nc2ccccc2F)nc1. The monoisotopic (exact) mass is 327 g/mol. The lowest BCUT2D eigenvalue weighted by molar-refractivity contribution is -0.115. The summed E-state index contributed by atoms with van der Waals surface area (Å²) in [6.45, 7) is 0. The molecule has 4 nitrogen and oxygen atoms in total. The molecule has 0 saturated carbocycles. The topological polar surface area (TPSA) is 54.0 Å². The third kappa shape index (κ3) is 4.14. The van der Waals surface area contributed by atoms with Gasteiger partial charge in [0.1, 0.15) is 11.6 Å². The molecule has 3 aromatic rings. The average molecular weight is 327 g/mol. The normalized spacial score (nSPS) is 10.3. The summed E-state index contributed by atoms with van der Waals surface area (Å²) in [5.74, 6) is 0.0676. The molecule has 0 aliphatic rings. The summed E-state index contributed by atoms with van der Waals surface area (Å²) in [6, 6.07) is 13.6. The number of carbonyl (C=O) groups is 1. The highest BCUT2D eigenvalue weighted by Crippen LogP contribution is 2.19. The fourth-order valence-electron chi connectivity index (χ4n) is 2.02. The molecule has 2 heterocycles. The maximum Gasteiger partial charge on any atom is 0.229 e. The number of anilines is 3. The van der Waals surface area contributed by atoms with E-state index < -0.39 is 0 Å². The van der Waals surface area contributed by atoms with Crippen molar-refractivity contribution in [2.75, 3.05) is 10.6 Å². The first-order chi connectivity index (χ1) is 11.2. The molecule has 2 N–H and O–H groups in total. The molecule has 2 aromatic heterocycles. The van der Waals surface area contributed by atoms with Crippen molar-refractivity contribution in [3.63, 3.8) is 0 Å². The van der Waals surface area contributed by atoms with Crippen LogP contribution in [0.1, 0.15) is 4.88 Å². The Hall–Kier alpha value is -2.73. The predicted octanol–water partition coefficient (Wildman–Crippen LogP) is 4.21. The number of halogens is 1. The van der Waals surface area contributed by atoms with Gasteiger partial charge in [0.05, 0.1) is 24.0 Å². The number of rotatable bonds is 5. The van der Waals surface area contributed by atoms with Gasteiger partial charge in [-0.25, -0.2) is 9.37 Å². The van der Waals surface area contributed by atoms with Gasteiger partial charge in [-0.3, -0.25) is 4.79 Å². The molecule has 0 saturated heterocycles. The minimum absolute atomic E-state index is 0.0935. The number of para-hydroxylation sites is 1. The highest BCUT2D eigenvalue weighted by Gasteiger charge is 2.06. The van der Waals surface area contributed by atoms with E-state index in [1.807, 2.05) is 17.5 Å². The Morgan fingerprint density at radius 1 is 1.13 bits per heavy atom. The lowest BCUT2D eigenvalue weighted by Crippen LogP contribution is -2.13. The largest absolute Gasteiger partial charge is 0.338 e. The van der Waals surface area contributed by atoms with Gasteiger partial charge in [-0.15, -0.1) is 11.3 Å². The predicted molar refractivity (Wildman–Crippen MR) is 90.6 cm³/mol. The van der Waals surface area contributed by atoms with Crippen LogP contribution >= 0.6 is 11.3 Å². The van der Waals surface area contributed by atoms with Crippen molar-refractivity contribution in [3.05, 3.63) is 70.8 Å². The number of pyridine rings is 1. The minimum Gasteiger partial charge on any atom is -0.338 e. The molecule has 0 unspecified atom stereocenters. The van der Waals surface area contributed by atoms with Gasteiger partial charge in [0, 0.05) is 4.88 Å². The summed E-state index contributed by atoms with van der Waals surface area (Å²) in [6.07, 6.45) is 1.88. The van der Waals surface area contributed by atoms with E-state index in [1.54, 1.807) is 41.7 Å². The van der Waals surface area contributed by atoms with Crippen molar-refractivity contribution >= 4 is 34.4 Å². The van der Waals surface area contributed by atoms with E-state index in [2.05, 4.69) is 15.6 Å². The average Bonchev–Trinajstić information content (AvgIpc) is 3.04. The van der Waals surface area contributed by atoms with Crippen LogP contribution in [0.3, 0.4) is 0 Å². The van der Waals surface area contributed by atoms with Crippen LogP contribution in [-0.2, 0) is 11.2 Å². The zero-order valence-corrected chi connectivity index (χ0v) is 12.9. The molecular formula is C17H14FN3OS. The molecule has 0 radical (unpaired) electrons. The van der Waals surface area contributed by atoms with Crippen LogP contribution in [0, 0.1) is 5.82 Å². The van der Waals surface area contributed by atoms with Gasteiger partial charge in [0.2, 0.25) is 5.91 Å². The van der Waals surface area contributed by atoms with E-state index in [-0.39, 0.29) is 11.7 Å². The Bertz CT molecular complexity index is 788. The molecular weight excluding hydrogens is 313 g/mol. The molecule has 0 aliphatic carbocycles. The fourth-order valence-corrected chi connectivity index (χ4v) is 2.72. The van der Waals surface area contributed by atoms with Crippen LogP contribution in [0.2, 0.25) is 0 Å². The smallest absolute Gasteiger partial charge is 0.229 e. The number of carbonyl (C=O) groups excluding carboxylic acids is 1. The Labute approximate surface area is 137 Å². The number of hydrogen-bond acceptors (Lipinski definition) is 4. The van der Waals surface area contributed by atoms with Crippen LogP contribution in [0.4, 0.5) is 21.6 Å². The first-order valence-corrected chi connectivity index (χ1v) is 7.88. The van der Waals surface area contributed by atoms with Crippen molar-refractivity contribution in [3.8, 4) is 0 Å². The Balaban J connectivity index is 1.61. The van der Waals surface area contributed by atoms with Crippen molar-refractivity contribution in [2.45, 2.75) is 6.42 Å². The third-order valence-corrected chi connectivity index (χ3v) is 3.98. The quantitative estimate of drug-likeness (QED) is 0.738. The second-order valence-corrected chi connectivity index (χ2v) is 5.87. The lowest BCUT2D eigenvalue weighted by atomic mass is 10.3. The molecule has 0 spiro atoms. The highest BCUT2D eigenvalue weighted by molar-refractivity contribution is 7.10. The third-order valence-electron chi connectivity index (χ3n) is 3.10. The van der Waals surface area contributed by atoms with Crippen molar-refractivity contribution in [1.82, 2.24) is 4.98 Å². The van der Waals surface area contributed by atoms with E-state index in [0.29, 0.717) is 23.6 Å². The number of thiophene rings is 1. The molecule has 0 fully saturated rings. The van der Waals surface area contributed by atoms with Gasteiger partial charge in [-0.05, 0) is 35.7 Å². The van der Waals surface area contributed by atoms with E-state index in [9.17, 15) is 9.18 Å². The number of amides is 1. The van der Waals surface area contributed by atoms with Gasteiger partial charge in [0.15, 0.2) is 0 Å². The number of nitrogens with zero attached hydrogens (tertiary/aromatic N) is 1. The van der Waals surface area contributed by atoms with E-state index in [0.717, 1.165) is 4.88 Å². The van der Waals surface area contributed by atoms with Crippen LogP contribution in [-0.4, -0.2) is 10.9 Å². The van der Waals surface area contributed by atoms with Gasteiger partial charge in [0.25, 0.3) is 0 Å². The summed E-state index contributed by atoms with van der Waals surface area (Å²) in [4.78, 5) is 17.1.